The van der Waals surface area contributed by atoms with Gasteiger partial charge in [-0.25, -0.2) is 0 Å². The van der Waals surface area contributed by atoms with E-state index in [-0.39, 0.29) is 30.5 Å². The lowest BCUT2D eigenvalue weighted by molar-refractivity contribution is -0.138. The number of likely N-dealkylation sites (tertiary alicyclic amines) is 1. The fourth-order valence-electron chi connectivity index (χ4n) is 6.65. The summed E-state index contributed by atoms with van der Waals surface area (Å²) in [6.45, 7) is 0.788. The van der Waals surface area contributed by atoms with Crippen molar-refractivity contribution < 1.29 is 34.0 Å². The van der Waals surface area contributed by atoms with Crippen molar-refractivity contribution >= 4 is 5.78 Å². The maximum absolute atomic E-state index is 12.6. The van der Waals surface area contributed by atoms with E-state index in [1.54, 1.807) is 26.4 Å². The number of Topliss-reactive ketones (excluding diaryl/α,β-unsaturated/α-hetero) is 1. The molecule has 0 radical (unpaired) electrons. The molecule has 8 nitrogen and oxygen atoms in total. The van der Waals surface area contributed by atoms with Gasteiger partial charge < -0.3 is 34.1 Å². The van der Waals surface area contributed by atoms with Gasteiger partial charge in [-0.2, -0.15) is 0 Å². The summed E-state index contributed by atoms with van der Waals surface area (Å²) in [7, 11) is 5.46. The fraction of sp³-hybridized carbons (Fsp3) is 0.536. The predicted octanol–water partition coefficient (Wildman–Crippen LogP) is 2.36. The van der Waals surface area contributed by atoms with Gasteiger partial charge in [0.15, 0.2) is 34.9 Å². The number of rotatable bonds is 6. The lowest BCUT2D eigenvalue weighted by Crippen LogP contribution is -2.65. The lowest BCUT2D eigenvalue weighted by atomic mass is 9.52. The van der Waals surface area contributed by atoms with Gasteiger partial charge in [0.25, 0.3) is 0 Å². The van der Waals surface area contributed by atoms with Gasteiger partial charge in [0.05, 0.1) is 20.8 Å². The number of benzene rings is 2. The van der Waals surface area contributed by atoms with Gasteiger partial charge in [0, 0.05) is 23.4 Å². The minimum absolute atomic E-state index is 0.0525. The Morgan fingerprint density at radius 2 is 1.89 bits per heavy atom. The Labute approximate surface area is 211 Å². The number of methoxy groups -OCH3 is 2. The van der Waals surface area contributed by atoms with Gasteiger partial charge in [0.2, 0.25) is 0 Å². The average molecular weight is 498 g/mol. The number of nitrogens with zero attached hydrogens (tertiary/aromatic N) is 1. The van der Waals surface area contributed by atoms with Crippen molar-refractivity contribution in [1.82, 2.24) is 4.90 Å². The van der Waals surface area contributed by atoms with Gasteiger partial charge in [0.1, 0.15) is 12.7 Å². The summed E-state index contributed by atoms with van der Waals surface area (Å²) < 4.78 is 22.1. The minimum Gasteiger partial charge on any atom is -0.493 e. The van der Waals surface area contributed by atoms with Crippen LogP contribution in [0.2, 0.25) is 0 Å². The highest BCUT2D eigenvalue weighted by atomic mass is 16.5. The molecule has 2 N–H and O–H groups in total. The Balaban J connectivity index is 0.000000166. The first-order valence-electron chi connectivity index (χ1n) is 12.6. The van der Waals surface area contributed by atoms with Crippen molar-refractivity contribution in [3.8, 4) is 23.0 Å². The van der Waals surface area contributed by atoms with E-state index in [0.717, 1.165) is 37.3 Å². The van der Waals surface area contributed by atoms with Crippen LogP contribution in [0.15, 0.2) is 36.4 Å². The molecule has 2 heterocycles. The first kappa shape index (κ1) is 24.9. The molecule has 0 aromatic heterocycles. The van der Waals surface area contributed by atoms with Crippen LogP contribution in [0, 0.1) is 5.92 Å². The summed E-state index contributed by atoms with van der Waals surface area (Å²) in [6.07, 6.45) is 2.61. The van der Waals surface area contributed by atoms with E-state index in [0.29, 0.717) is 29.9 Å². The van der Waals surface area contributed by atoms with E-state index >= 15 is 0 Å². The number of likely N-dealkylation sites (N-methyl/N-ethyl adjacent to an activating group) is 1. The molecule has 2 bridgehead atoms. The van der Waals surface area contributed by atoms with Gasteiger partial charge in [-0.05, 0) is 62.5 Å². The molecule has 1 saturated carbocycles. The van der Waals surface area contributed by atoms with Crippen molar-refractivity contribution in [2.75, 3.05) is 41.0 Å². The molecule has 2 aliphatic carbocycles. The molecule has 5 atom stereocenters. The normalized spacial score (nSPS) is 28.2. The third-order valence-corrected chi connectivity index (χ3v) is 8.30. The second-order valence-electron chi connectivity index (χ2n) is 10.1. The molecule has 8 heteroatoms. The van der Waals surface area contributed by atoms with E-state index in [2.05, 4.69) is 18.0 Å². The minimum atomic E-state index is -0.861. The number of para-hydroxylation sites is 2. The number of ether oxygens (including phenoxy) is 4. The van der Waals surface area contributed by atoms with Crippen LogP contribution in [0.4, 0.5) is 0 Å². The van der Waals surface area contributed by atoms with Crippen molar-refractivity contribution in [1.29, 1.82) is 0 Å². The largest absolute Gasteiger partial charge is 0.493 e. The molecule has 1 spiro atoms. The summed E-state index contributed by atoms with van der Waals surface area (Å²) in [5.74, 6) is 3.63. The maximum Gasteiger partial charge on any atom is 0.174 e. The van der Waals surface area contributed by atoms with Crippen molar-refractivity contribution in [3.63, 3.8) is 0 Å². The van der Waals surface area contributed by atoms with Crippen LogP contribution in [0.1, 0.15) is 30.4 Å². The van der Waals surface area contributed by atoms with Crippen molar-refractivity contribution in [3.05, 3.63) is 47.5 Å². The van der Waals surface area contributed by atoms with Gasteiger partial charge >= 0.3 is 0 Å². The van der Waals surface area contributed by atoms with Crippen LogP contribution in [-0.2, 0) is 16.6 Å². The maximum atomic E-state index is 12.6. The zero-order chi connectivity index (χ0) is 25.4. The first-order valence-corrected chi connectivity index (χ1v) is 12.6. The zero-order valence-electron chi connectivity index (χ0n) is 21.1. The molecule has 1 saturated heterocycles. The highest BCUT2D eigenvalue weighted by Gasteiger charge is 2.65. The van der Waals surface area contributed by atoms with Crippen molar-refractivity contribution in [2.24, 2.45) is 5.92 Å². The lowest BCUT2D eigenvalue weighted by Gasteiger charge is -2.57. The highest BCUT2D eigenvalue weighted by molar-refractivity contribution is 5.89. The Morgan fingerprint density at radius 1 is 1.14 bits per heavy atom. The Hall–Kier alpha value is -2.81. The summed E-state index contributed by atoms with van der Waals surface area (Å²) >= 11 is 0. The summed E-state index contributed by atoms with van der Waals surface area (Å²) in [5.41, 5.74) is 2.57. The highest BCUT2D eigenvalue weighted by Crippen LogP contribution is 2.63. The number of hydrogen-bond donors (Lipinski definition) is 2. The Bertz CT molecular complexity index is 1120. The third kappa shape index (κ3) is 3.92. The average Bonchev–Trinajstić information content (AvgIpc) is 3.26. The first-order chi connectivity index (χ1) is 17.4. The smallest absolute Gasteiger partial charge is 0.174 e. The van der Waals surface area contributed by atoms with E-state index in [1.165, 1.54) is 11.1 Å². The molecular weight excluding hydrogens is 462 g/mol. The van der Waals surface area contributed by atoms with Crippen LogP contribution in [-0.4, -0.2) is 80.2 Å². The number of hydrogen-bond acceptors (Lipinski definition) is 8. The fourth-order valence-corrected chi connectivity index (χ4v) is 6.65. The molecule has 2 aliphatic heterocycles. The molecule has 6 rings (SSSR count). The van der Waals surface area contributed by atoms with E-state index < -0.39 is 6.10 Å². The Kier molecular flexibility index (Phi) is 6.85. The standard InChI is InChI=1S/C18H21NO3.C10H14O4/c1-19-8-7-18-11-4-5-13(20)17(18)22-16-14(21-2)6-3-10(15(16)18)9-12(11)19;1-13-9-4-2-3-5-10(9)14-7-8(12)6-11/h3,6,11-12,17H,4-5,7-9H2,1-2H3;2-5,8,11-12H,6-7H2,1H3/t11-,12+,17-,18-;/m0./s1. The molecule has 194 valence electrons. The van der Waals surface area contributed by atoms with Gasteiger partial charge in [-0.3, -0.25) is 4.79 Å². The molecule has 0 amide bonds. The molecule has 2 aromatic rings. The molecule has 4 aliphatic rings. The number of piperidine rings is 1. The molecule has 36 heavy (non-hydrogen) atoms. The zero-order valence-corrected chi connectivity index (χ0v) is 21.1. The monoisotopic (exact) mass is 497 g/mol. The molecule has 1 unspecified atom stereocenters. The number of aliphatic hydroxyl groups excluding tert-OH is 2. The summed E-state index contributed by atoms with van der Waals surface area (Å²) in [5, 5.41) is 17.6. The van der Waals surface area contributed by atoms with Crippen LogP contribution in [0.25, 0.3) is 0 Å². The van der Waals surface area contributed by atoms with Crippen LogP contribution < -0.4 is 18.9 Å². The van der Waals surface area contributed by atoms with Crippen molar-refractivity contribution in [2.45, 2.75) is 49.3 Å². The topological polar surface area (TPSA) is 97.7 Å². The van der Waals surface area contributed by atoms with Gasteiger partial charge in [-0.15, -0.1) is 0 Å². The molecule has 2 aromatic carbocycles. The SMILES string of the molecule is COc1ccc2c3c1O[C@H]1C(=O)CC[C@H]4[C@@H](C2)N(C)CC[C@]314.COc1ccccc1OCC(O)CO. The molecule has 2 fully saturated rings. The van der Waals surface area contributed by atoms with E-state index in [9.17, 15) is 4.79 Å². The van der Waals surface area contributed by atoms with Crippen LogP contribution >= 0.6 is 0 Å². The quantitative estimate of drug-likeness (QED) is 0.628. The van der Waals surface area contributed by atoms with E-state index in [1.807, 2.05) is 18.2 Å². The third-order valence-electron chi connectivity index (χ3n) is 8.30. The van der Waals surface area contributed by atoms with Gasteiger partial charge in [-0.1, -0.05) is 18.2 Å². The van der Waals surface area contributed by atoms with Crippen LogP contribution in [0.5, 0.6) is 23.0 Å². The summed E-state index contributed by atoms with van der Waals surface area (Å²) in [6, 6.07) is 11.9. The molecular formula is C28H35NO7. The number of carbonyl (C=O) groups is 1. The number of ketones is 1. The Morgan fingerprint density at radius 3 is 2.61 bits per heavy atom. The van der Waals surface area contributed by atoms with Crippen LogP contribution in [0.3, 0.4) is 0 Å². The summed E-state index contributed by atoms with van der Waals surface area (Å²) in [4.78, 5) is 15.1. The van der Waals surface area contributed by atoms with E-state index in [4.69, 9.17) is 29.2 Å². The second-order valence-corrected chi connectivity index (χ2v) is 10.1. The number of aliphatic hydroxyl groups is 2. The number of carbonyl (C=O) groups excluding carboxylic acids is 1. The second kappa shape index (κ2) is 9.92. The predicted molar refractivity (Wildman–Crippen MR) is 133 cm³/mol.